The van der Waals surface area contributed by atoms with Crippen LogP contribution in [0.1, 0.15) is 49.7 Å². The first-order valence-corrected chi connectivity index (χ1v) is 8.07. The summed E-state index contributed by atoms with van der Waals surface area (Å²) in [5, 5.41) is 4.88. The average molecular weight is 265 g/mol. The second-order valence-corrected chi connectivity index (χ2v) is 6.66. The average Bonchev–Trinajstić information content (AvgIpc) is 2.95. The zero-order valence-corrected chi connectivity index (χ0v) is 12.2. The highest BCUT2D eigenvalue weighted by Gasteiger charge is 2.27. The van der Waals surface area contributed by atoms with Crippen LogP contribution >= 0.6 is 11.3 Å². The SMILES string of the molecule is CCNC1CCCc2nc(N3CCC(C)C3)sc21. The van der Waals surface area contributed by atoms with Crippen molar-refractivity contribution in [3.8, 4) is 0 Å². The molecule has 0 saturated carbocycles. The zero-order chi connectivity index (χ0) is 12.5. The summed E-state index contributed by atoms with van der Waals surface area (Å²) in [7, 11) is 0. The summed E-state index contributed by atoms with van der Waals surface area (Å²) in [6.07, 6.45) is 5.06. The van der Waals surface area contributed by atoms with Gasteiger partial charge in [0.05, 0.1) is 5.69 Å². The standard InChI is InChI=1S/C14H23N3S/c1-3-15-11-5-4-6-12-13(11)18-14(16-12)17-8-7-10(2)9-17/h10-11,15H,3-9H2,1-2H3. The van der Waals surface area contributed by atoms with Crippen LogP contribution in [-0.4, -0.2) is 24.6 Å². The summed E-state index contributed by atoms with van der Waals surface area (Å²) >= 11 is 1.93. The Hall–Kier alpha value is -0.610. The highest BCUT2D eigenvalue weighted by molar-refractivity contribution is 7.15. The molecule has 3 nitrogen and oxygen atoms in total. The van der Waals surface area contributed by atoms with Gasteiger partial charge in [-0.1, -0.05) is 25.2 Å². The largest absolute Gasteiger partial charge is 0.348 e. The summed E-state index contributed by atoms with van der Waals surface area (Å²) in [5.74, 6) is 0.829. The monoisotopic (exact) mass is 265 g/mol. The number of anilines is 1. The second-order valence-electron chi connectivity index (χ2n) is 5.65. The van der Waals surface area contributed by atoms with Crippen molar-refractivity contribution in [2.24, 2.45) is 5.92 Å². The Labute approximate surface area is 114 Å². The first-order valence-electron chi connectivity index (χ1n) is 7.26. The van der Waals surface area contributed by atoms with Crippen LogP contribution < -0.4 is 10.2 Å². The number of hydrogen-bond acceptors (Lipinski definition) is 4. The summed E-state index contributed by atoms with van der Waals surface area (Å²) in [6, 6.07) is 0.560. The number of hydrogen-bond donors (Lipinski definition) is 1. The maximum atomic E-state index is 4.90. The van der Waals surface area contributed by atoms with E-state index in [1.54, 1.807) is 0 Å². The lowest BCUT2D eigenvalue weighted by Gasteiger charge is -2.21. The maximum absolute atomic E-state index is 4.90. The quantitative estimate of drug-likeness (QED) is 0.910. The summed E-state index contributed by atoms with van der Waals surface area (Å²) < 4.78 is 0. The molecule has 1 aliphatic heterocycles. The number of aryl methyl sites for hydroxylation is 1. The highest BCUT2D eigenvalue weighted by Crippen LogP contribution is 2.38. The lowest BCUT2D eigenvalue weighted by molar-refractivity contribution is 0.476. The number of rotatable bonds is 3. The van der Waals surface area contributed by atoms with Gasteiger partial charge in [0.1, 0.15) is 0 Å². The smallest absolute Gasteiger partial charge is 0.185 e. The summed E-state index contributed by atoms with van der Waals surface area (Å²) in [4.78, 5) is 8.90. The Bertz CT molecular complexity index is 415. The van der Waals surface area contributed by atoms with E-state index in [0.29, 0.717) is 6.04 Å². The first kappa shape index (κ1) is 12.4. The van der Waals surface area contributed by atoms with Crippen molar-refractivity contribution in [1.29, 1.82) is 0 Å². The van der Waals surface area contributed by atoms with Gasteiger partial charge >= 0.3 is 0 Å². The first-order chi connectivity index (χ1) is 8.78. The molecular weight excluding hydrogens is 242 g/mol. The fraction of sp³-hybridized carbons (Fsp3) is 0.786. The molecule has 0 radical (unpaired) electrons. The van der Waals surface area contributed by atoms with Gasteiger partial charge in [0, 0.05) is 24.0 Å². The van der Waals surface area contributed by atoms with Crippen molar-refractivity contribution in [1.82, 2.24) is 10.3 Å². The second kappa shape index (κ2) is 5.17. The van der Waals surface area contributed by atoms with Gasteiger partial charge in [-0.15, -0.1) is 0 Å². The third-order valence-corrected chi connectivity index (χ3v) is 5.36. The van der Waals surface area contributed by atoms with Crippen LogP contribution in [0, 0.1) is 5.92 Å². The van der Waals surface area contributed by atoms with Gasteiger partial charge in [-0.2, -0.15) is 0 Å². The minimum Gasteiger partial charge on any atom is -0.348 e. The molecule has 18 heavy (non-hydrogen) atoms. The summed E-state index contributed by atoms with van der Waals surface area (Å²) in [6.45, 7) is 7.98. The third kappa shape index (κ3) is 2.28. The molecule has 1 aromatic rings. The normalized spacial score (nSPS) is 27.6. The Kier molecular flexibility index (Phi) is 3.57. The van der Waals surface area contributed by atoms with E-state index < -0.39 is 0 Å². The third-order valence-electron chi connectivity index (χ3n) is 4.08. The van der Waals surface area contributed by atoms with Crippen LogP contribution in [0.4, 0.5) is 5.13 Å². The molecule has 1 fully saturated rings. The van der Waals surface area contributed by atoms with Gasteiger partial charge < -0.3 is 10.2 Å². The van der Waals surface area contributed by atoms with E-state index in [1.807, 2.05) is 11.3 Å². The number of thiazole rings is 1. The fourth-order valence-electron chi connectivity index (χ4n) is 3.09. The van der Waals surface area contributed by atoms with Crippen molar-refractivity contribution in [2.45, 2.75) is 45.6 Å². The van der Waals surface area contributed by atoms with Crippen LogP contribution in [0.25, 0.3) is 0 Å². The van der Waals surface area contributed by atoms with Crippen molar-refractivity contribution in [3.05, 3.63) is 10.6 Å². The zero-order valence-electron chi connectivity index (χ0n) is 11.4. The molecule has 1 saturated heterocycles. The minimum absolute atomic E-state index is 0.560. The van der Waals surface area contributed by atoms with E-state index in [9.17, 15) is 0 Å². The Morgan fingerprint density at radius 2 is 2.33 bits per heavy atom. The van der Waals surface area contributed by atoms with Crippen molar-refractivity contribution in [2.75, 3.05) is 24.5 Å². The van der Waals surface area contributed by atoms with Crippen LogP contribution in [-0.2, 0) is 6.42 Å². The van der Waals surface area contributed by atoms with E-state index in [4.69, 9.17) is 4.98 Å². The van der Waals surface area contributed by atoms with Crippen molar-refractivity contribution < 1.29 is 0 Å². The van der Waals surface area contributed by atoms with Crippen LogP contribution in [0.2, 0.25) is 0 Å². The molecule has 2 unspecified atom stereocenters. The number of nitrogens with zero attached hydrogens (tertiary/aromatic N) is 2. The topological polar surface area (TPSA) is 28.2 Å². The lowest BCUT2D eigenvalue weighted by atomic mass is 9.98. The molecule has 0 bridgehead atoms. The van der Waals surface area contributed by atoms with E-state index in [1.165, 1.54) is 54.5 Å². The number of nitrogens with one attached hydrogen (secondary N) is 1. The molecule has 1 N–H and O–H groups in total. The minimum atomic E-state index is 0.560. The number of fused-ring (bicyclic) bond motifs is 1. The number of aromatic nitrogens is 1. The van der Waals surface area contributed by atoms with Gasteiger partial charge in [-0.05, 0) is 38.1 Å². The van der Waals surface area contributed by atoms with Gasteiger partial charge in [0.2, 0.25) is 0 Å². The fourth-order valence-corrected chi connectivity index (χ4v) is 4.35. The molecule has 1 aliphatic carbocycles. The van der Waals surface area contributed by atoms with Gasteiger partial charge in [0.15, 0.2) is 5.13 Å². The molecule has 100 valence electrons. The molecule has 0 aromatic carbocycles. The van der Waals surface area contributed by atoms with E-state index in [2.05, 4.69) is 24.1 Å². The molecule has 2 atom stereocenters. The molecule has 0 spiro atoms. The van der Waals surface area contributed by atoms with E-state index in [-0.39, 0.29) is 0 Å². The van der Waals surface area contributed by atoms with Crippen LogP contribution in [0.15, 0.2) is 0 Å². The van der Waals surface area contributed by atoms with Gasteiger partial charge in [0.25, 0.3) is 0 Å². The Morgan fingerprint density at radius 1 is 1.44 bits per heavy atom. The van der Waals surface area contributed by atoms with Gasteiger partial charge in [-0.25, -0.2) is 4.98 Å². The van der Waals surface area contributed by atoms with E-state index in [0.717, 1.165) is 12.5 Å². The molecule has 3 rings (SSSR count). The van der Waals surface area contributed by atoms with Crippen molar-refractivity contribution in [3.63, 3.8) is 0 Å². The molecule has 2 heterocycles. The molecule has 2 aliphatic rings. The van der Waals surface area contributed by atoms with E-state index >= 15 is 0 Å². The van der Waals surface area contributed by atoms with Crippen LogP contribution in [0.5, 0.6) is 0 Å². The summed E-state index contributed by atoms with van der Waals surface area (Å²) in [5.41, 5.74) is 1.37. The lowest BCUT2D eigenvalue weighted by Crippen LogP contribution is -2.23. The molecule has 1 aromatic heterocycles. The van der Waals surface area contributed by atoms with Crippen LogP contribution in [0.3, 0.4) is 0 Å². The molecular formula is C14H23N3S. The molecule has 0 amide bonds. The predicted molar refractivity (Wildman–Crippen MR) is 77.5 cm³/mol. The maximum Gasteiger partial charge on any atom is 0.185 e. The Balaban J connectivity index is 1.82. The predicted octanol–water partition coefficient (Wildman–Crippen LogP) is 2.98. The van der Waals surface area contributed by atoms with Gasteiger partial charge in [-0.3, -0.25) is 0 Å². The highest BCUT2D eigenvalue weighted by atomic mass is 32.1. The molecule has 4 heteroatoms. The van der Waals surface area contributed by atoms with Crippen molar-refractivity contribution >= 4 is 16.5 Å². The Morgan fingerprint density at radius 3 is 3.06 bits per heavy atom.